The molecule has 0 unspecified atom stereocenters. The molecule has 19 heavy (non-hydrogen) atoms. The molecule has 0 spiro atoms. The number of carbonyl (C=O) groups is 1. The van der Waals surface area contributed by atoms with Crippen LogP contribution in [0.15, 0.2) is 23.7 Å². The van der Waals surface area contributed by atoms with Crippen LogP contribution in [0.1, 0.15) is 34.4 Å². The number of nitrogens with zero attached hydrogens (tertiary/aromatic N) is 2. The fraction of sp³-hybridized carbons (Fsp3) is 0.308. The van der Waals surface area contributed by atoms with Gasteiger partial charge in [0, 0.05) is 22.8 Å². The van der Waals surface area contributed by atoms with Crippen LogP contribution in [0.3, 0.4) is 0 Å². The van der Waals surface area contributed by atoms with Crippen molar-refractivity contribution < 1.29 is 4.79 Å². The van der Waals surface area contributed by atoms with Gasteiger partial charge in [-0.15, -0.1) is 11.3 Å². The molecule has 0 aromatic carbocycles. The Kier molecular flexibility index (Phi) is 4.46. The van der Waals surface area contributed by atoms with Gasteiger partial charge in [-0.25, -0.2) is 9.97 Å². The summed E-state index contributed by atoms with van der Waals surface area (Å²) in [5.41, 5.74) is 7.11. The second-order valence-corrected chi connectivity index (χ2v) is 5.11. The van der Waals surface area contributed by atoms with Gasteiger partial charge in [0.05, 0.1) is 6.54 Å². The van der Waals surface area contributed by atoms with E-state index in [-0.39, 0.29) is 5.91 Å². The molecule has 6 heteroatoms. The molecule has 0 aliphatic carbocycles. The Morgan fingerprint density at radius 3 is 3.00 bits per heavy atom. The maximum absolute atomic E-state index is 12.0. The van der Waals surface area contributed by atoms with E-state index in [1.54, 1.807) is 18.3 Å². The number of nitrogens with one attached hydrogen (secondary N) is 1. The van der Waals surface area contributed by atoms with Crippen LogP contribution in [0, 0.1) is 0 Å². The normalized spacial score (nSPS) is 10.4. The molecule has 5 nitrogen and oxygen atoms in total. The lowest BCUT2D eigenvalue weighted by atomic mass is 10.1. The first-order chi connectivity index (χ1) is 9.19. The predicted molar refractivity (Wildman–Crippen MR) is 75.9 cm³/mol. The Balaban J connectivity index is 2.05. The fourth-order valence-electron chi connectivity index (χ4n) is 1.72. The average Bonchev–Trinajstić information content (AvgIpc) is 2.88. The van der Waals surface area contributed by atoms with Crippen molar-refractivity contribution in [2.45, 2.75) is 26.3 Å². The number of nitrogen functional groups attached to an aromatic ring is 1. The standard InChI is InChI=1S/C13H16N4OS/c1-2-3-10-6-9(7-11(14)17-10)13(18)16-8-12-15-4-5-19-12/h4-7H,2-3,8H2,1H3,(H2,14,17)(H,16,18). The molecule has 0 bridgehead atoms. The number of nitrogens with two attached hydrogens (primary N) is 1. The van der Waals surface area contributed by atoms with Crippen molar-refractivity contribution in [3.63, 3.8) is 0 Å². The summed E-state index contributed by atoms with van der Waals surface area (Å²) in [6.07, 6.45) is 3.50. The quantitative estimate of drug-likeness (QED) is 0.875. The third-order valence-electron chi connectivity index (χ3n) is 2.55. The number of anilines is 1. The zero-order chi connectivity index (χ0) is 13.7. The molecule has 0 saturated heterocycles. The van der Waals surface area contributed by atoms with Gasteiger partial charge in [0.1, 0.15) is 10.8 Å². The number of carbonyl (C=O) groups excluding carboxylic acids is 1. The summed E-state index contributed by atoms with van der Waals surface area (Å²) in [6.45, 7) is 2.49. The van der Waals surface area contributed by atoms with Crippen molar-refractivity contribution in [1.82, 2.24) is 15.3 Å². The highest BCUT2D eigenvalue weighted by molar-refractivity contribution is 7.09. The number of hydrogen-bond acceptors (Lipinski definition) is 5. The lowest BCUT2D eigenvalue weighted by Crippen LogP contribution is -2.23. The first kappa shape index (κ1) is 13.5. The highest BCUT2D eigenvalue weighted by Gasteiger charge is 2.09. The number of hydrogen-bond donors (Lipinski definition) is 2. The molecular formula is C13H16N4OS. The van der Waals surface area contributed by atoms with Crippen LogP contribution in [0.5, 0.6) is 0 Å². The molecular weight excluding hydrogens is 260 g/mol. The van der Waals surface area contributed by atoms with E-state index in [9.17, 15) is 4.79 Å². The van der Waals surface area contributed by atoms with Gasteiger partial charge in [-0.2, -0.15) is 0 Å². The molecule has 2 aromatic rings. The van der Waals surface area contributed by atoms with Gasteiger partial charge in [0.2, 0.25) is 0 Å². The summed E-state index contributed by atoms with van der Waals surface area (Å²) in [4.78, 5) is 20.3. The Hall–Kier alpha value is -1.95. The first-order valence-electron chi connectivity index (χ1n) is 6.12. The van der Waals surface area contributed by atoms with E-state index >= 15 is 0 Å². The van der Waals surface area contributed by atoms with Crippen molar-refractivity contribution in [2.75, 3.05) is 5.73 Å². The summed E-state index contributed by atoms with van der Waals surface area (Å²) in [5.74, 6) is 0.229. The molecule has 2 heterocycles. The minimum absolute atomic E-state index is 0.151. The van der Waals surface area contributed by atoms with Gasteiger partial charge in [-0.3, -0.25) is 4.79 Å². The van der Waals surface area contributed by atoms with Gasteiger partial charge in [0.15, 0.2) is 0 Å². The summed E-state index contributed by atoms with van der Waals surface area (Å²) in [5, 5.41) is 5.58. The summed E-state index contributed by atoms with van der Waals surface area (Å²) in [7, 11) is 0. The van der Waals surface area contributed by atoms with E-state index in [1.165, 1.54) is 11.3 Å². The lowest BCUT2D eigenvalue weighted by molar-refractivity contribution is 0.0950. The van der Waals surface area contributed by atoms with Crippen molar-refractivity contribution in [3.8, 4) is 0 Å². The molecule has 0 atom stereocenters. The Morgan fingerprint density at radius 2 is 2.32 bits per heavy atom. The number of rotatable bonds is 5. The topological polar surface area (TPSA) is 80.9 Å². The first-order valence-corrected chi connectivity index (χ1v) is 7.00. The van der Waals surface area contributed by atoms with E-state index in [0.717, 1.165) is 23.5 Å². The zero-order valence-corrected chi connectivity index (χ0v) is 11.5. The van der Waals surface area contributed by atoms with Crippen LogP contribution in [0.2, 0.25) is 0 Å². The average molecular weight is 276 g/mol. The highest BCUT2D eigenvalue weighted by atomic mass is 32.1. The molecule has 0 fully saturated rings. The molecule has 3 N–H and O–H groups in total. The number of pyridine rings is 1. The summed E-state index contributed by atoms with van der Waals surface area (Å²) in [6, 6.07) is 3.38. The summed E-state index contributed by atoms with van der Waals surface area (Å²) >= 11 is 1.51. The Labute approximate surface area is 115 Å². The van der Waals surface area contributed by atoms with Gasteiger partial charge in [-0.1, -0.05) is 13.3 Å². The second kappa shape index (κ2) is 6.29. The third-order valence-corrected chi connectivity index (χ3v) is 3.33. The van der Waals surface area contributed by atoms with Crippen LogP contribution < -0.4 is 11.1 Å². The minimum Gasteiger partial charge on any atom is -0.384 e. The zero-order valence-electron chi connectivity index (χ0n) is 10.7. The van der Waals surface area contributed by atoms with Crippen molar-refractivity contribution in [2.24, 2.45) is 0 Å². The van der Waals surface area contributed by atoms with Crippen LogP contribution in [0.4, 0.5) is 5.82 Å². The molecule has 1 amide bonds. The second-order valence-electron chi connectivity index (χ2n) is 4.13. The molecule has 0 saturated carbocycles. The van der Waals surface area contributed by atoms with Gasteiger partial charge < -0.3 is 11.1 Å². The Bertz CT molecular complexity index is 554. The number of thiazole rings is 1. The van der Waals surface area contributed by atoms with E-state index in [1.807, 2.05) is 5.38 Å². The van der Waals surface area contributed by atoms with Crippen molar-refractivity contribution in [1.29, 1.82) is 0 Å². The number of aromatic nitrogens is 2. The molecule has 100 valence electrons. The monoisotopic (exact) mass is 276 g/mol. The van der Waals surface area contributed by atoms with E-state index in [2.05, 4.69) is 22.2 Å². The van der Waals surface area contributed by atoms with Crippen molar-refractivity contribution in [3.05, 3.63) is 40.0 Å². The van der Waals surface area contributed by atoms with Crippen LogP contribution >= 0.6 is 11.3 Å². The highest BCUT2D eigenvalue weighted by Crippen LogP contribution is 2.10. The SMILES string of the molecule is CCCc1cc(C(=O)NCc2nccs2)cc(N)n1. The van der Waals surface area contributed by atoms with Gasteiger partial charge in [-0.05, 0) is 18.6 Å². The van der Waals surface area contributed by atoms with Gasteiger partial charge in [0.25, 0.3) is 5.91 Å². The Morgan fingerprint density at radius 1 is 1.47 bits per heavy atom. The van der Waals surface area contributed by atoms with E-state index in [4.69, 9.17) is 5.73 Å². The third kappa shape index (κ3) is 3.75. The maximum atomic E-state index is 12.0. The minimum atomic E-state index is -0.151. The van der Waals surface area contributed by atoms with E-state index in [0.29, 0.717) is 17.9 Å². The van der Waals surface area contributed by atoms with Crippen LogP contribution in [-0.2, 0) is 13.0 Å². The van der Waals surface area contributed by atoms with Crippen molar-refractivity contribution >= 4 is 23.1 Å². The maximum Gasteiger partial charge on any atom is 0.251 e. The molecule has 2 rings (SSSR count). The molecule has 0 radical (unpaired) electrons. The summed E-state index contributed by atoms with van der Waals surface area (Å²) < 4.78 is 0. The smallest absolute Gasteiger partial charge is 0.251 e. The fourth-order valence-corrected chi connectivity index (χ4v) is 2.28. The van der Waals surface area contributed by atoms with Crippen LogP contribution in [0.25, 0.3) is 0 Å². The molecule has 2 aromatic heterocycles. The number of aryl methyl sites for hydroxylation is 1. The van der Waals surface area contributed by atoms with Gasteiger partial charge >= 0.3 is 0 Å². The van der Waals surface area contributed by atoms with Crippen LogP contribution in [-0.4, -0.2) is 15.9 Å². The largest absolute Gasteiger partial charge is 0.384 e. The lowest BCUT2D eigenvalue weighted by Gasteiger charge is -2.06. The molecule has 0 aliphatic rings. The van der Waals surface area contributed by atoms with E-state index < -0.39 is 0 Å². The molecule has 0 aliphatic heterocycles. The predicted octanol–water partition coefficient (Wildman–Crippen LogP) is 2.00. The number of amides is 1.